The Morgan fingerprint density at radius 2 is 2.14 bits per heavy atom. The number of phenols is 1. The largest absolute Gasteiger partial charge is 0.504 e. The van der Waals surface area contributed by atoms with Crippen LogP contribution in [-0.4, -0.2) is 43.4 Å². The number of imidazole rings is 1. The van der Waals surface area contributed by atoms with E-state index in [1.165, 1.54) is 17.0 Å². The first-order valence-electron chi connectivity index (χ1n) is 9.69. The monoisotopic (exact) mass is 381 g/mol. The Hall–Kier alpha value is -2.80. The Balaban J connectivity index is 1.75. The van der Waals surface area contributed by atoms with Gasteiger partial charge < -0.3 is 14.8 Å². The van der Waals surface area contributed by atoms with Gasteiger partial charge in [0, 0.05) is 43.0 Å². The van der Waals surface area contributed by atoms with Gasteiger partial charge in [-0.2, -0.15) is 5.10 Å². The van der Waals surface area contributed by atoms with Gasteiger partial charge in [-0.15, -0.1) is 0 Å². The fourth-order valence-electron chi connectivity index (χ4n) is 4.20. The van der Waals surface area contributed by atoms with E-state index in [4.69, 9.17) is 4.74 Å². The van der Waals surface area contributed by atoms with Crippen molar-refractivity contribution in [3.05, 3.63) is 58.4 Å². The molecule has 3 heterocycles. The number of hydrogen-bond donors (Lipinski definition) is 2. The number of aromatic hydroxyl groups is 1. The van der Waals surface area contributed by atoms with Crippen LogP contribution in [0.3, 0.4) is 0 Å². The molecule has 0 bridgehead atoms. The summed E-state index contributed by atoms with van der Waals surface area (Å²) < 4.78 is 7.41. The van der Waals surface area contributed by atoms with Crippen molar-refractivity contribution >= 4 is 0 Å². The van der Waals surface area contributed by atoms with E-state index in [0.717, 1.165) is 43.0 Å². The standard InChI is InChI=1S/C21H27N5O2/c1-5-26-14(3)16(13(2)24-26)11-25-9-8-17-20(23-12-22-17)21(25)15-6-7-18(27)19(10-15)28-4/h6-7,10,12,21,27H,5,8-9,11H2,1-4H3,(H,22,23)/t21-/m0/s1. The zero-order valence-corrected chi connectivity index (χ0v) is 16.9. The average molecular weight is 381 g/mol. The summed E-state index contributed by atoms with van der Waals surface area (Å²) in [6.07, 6.45) is 2.70. The predicted molar refractivity (Wildman–Crippen MR) is 107 cm³/mol. The lowest BCUT2D eigenvalue weighted by molar-refractivity contribution is 0.199. The van der Waals surface area contributed by atoms with Crippen molar-refractivity contribution in [2.45, 2.75) is 46.3 Å². The first-order chi connectivity index (χ1) is 13.5. The third kappa shape index (κ3) is 3.05. The number of methoxy groups -OCH3 is 1. The zero-order valence-electron chi connectivity index (χ0n) is 16.9. The first-order valence-corrected chi connectivity index (χ1v) is 9.69. The quantitative estimate of drug-likeness (QED) is 0.710. The van der Waals surface area contributed by atoms with Crippen LogP contribution in [-0.2, 0) is 19.5 Å². The Kier molecular flexibility index (Phi) is 4.85. The lowest BCUT2D eigenvalue weighted by Gasteiger charge is -2.35. The molecule has 0 radical (unpaired) electrons. The van der Waals surface area contributed by atoms with Crippen LogP contribution in [0.25, 0.3) is 0 Å². The van der Waals surface area contributed by atoms with Gasteiger partial charge in [-0.25, -0.2) is 4.98 Å². The Labute approximate surface area is 165 Å². The highest BCUT2D eigenvalue weighted by Gasteiger charge is 2.32. The maximum absolute atomic E-state index is 10.0. The first kappa shape index (κ1) is 18.6. The minimum Gasteiger partial charge on any atom is -0.504 e. The topological polar surface area (TPSA) is 79.2 Å². The molecule has 2 aromatic heterocycles. The fourth-order valence-corrected chi connectivity index (χ4v) is 4.20. The lowest BCUT2D eigenvalue weighted by Crippen LogP contribution is -2.36. The molecule has 0 fully saturated rings. The number of ether oxygens (including phenoxy) is 1. The summed E-state index contributed by atoms with van der Waals surface area (Å²) in [5.74, 6) is 0.623. The number of aromatic amines is 1. The van der Waals surface area contributed by atoms with E-state index >= 15 is 0 Å². The minimum atomic E-state index is -0.00623. The zero-order chi connectivity index (χ0) is 19.8. The summed E-state index contributed by atoms with van der Waals surface area (Å²) in [6.45, 7) is 8.93. The molecule has 0 saturated carbocycles. The van der Waals surface area contributed by atoms with E-state index in [9.17, 15) is 5.11 Å². The molecule has 0 unspecified atom stereocenters. The van der Waals surface area contributed by atoms with Gasteiger partial charge in [0.2, 0.25) is 0 Å². The predicted octanol–water partition coefficient (Wildman–Crippen LogP) is 3.10. The van der Waals surface area contributed by atoms with Gasteiger partial charge in [-0.3, -0.25) is 9.58 Å². The van der Waals surface area contributed by atoms with Gasteiger partial charge in [-0.05, 0) is 38.5 Å². The van der Waals surface area contributed by atoms with Gasteiger partial charge in [0.25, 0.3) is 0 Å². The smallest absolute Gasteiger partial charge is 0.160 e. The molecule has 4 rings (SSSR count). The number of hydrogen-bond acceptors (Lipinski definition) is 5. The summed E-state index contributed by atoms with van der Waals surface area (Å²) >= 11 is 0. The van der Waals surface area contributed by atoms with Crippen LogP contribution in [0.15, 0.2) is 24.5 Å². The van der Waals surface area contributed by atoms with Gasteiger partial charge in [-0.1, -0.05) is 6.07 Å². The molecule has 7 nitrogen and oxygen atoms in total. The Morgan fingerprint density at radius 1 is 1.32 bits per heavy atom. The molecule has 1 aliphatic rings. The molecule has 1 aromatic carbocycles. The van der Waals surface area contributed by atoms with Crippen LogP contribution in [0.5, 0.6) is 11.5 Å². The normalized spacial score (nSPS) is 16.9. The molecular formula is C21H27N5O2. The molecular weight excluding hydrogens is 354 g/mol. The minimum absolute atomic E-state index is 0.00623. The van der Waals surface area contributed by atoms with Crippen LogP contribution in [0, 0.1) is 13.8 Å². The van der Waals surface area contributed by atoms with Crippen molar-refractivity contribution in [3.8, 4) is 11.5 Å². The number of fused-ring (bicyclic) bond motifs is 1. The number of aryl methyl sites for hydroxylation is 2. The highest BCUT2D eigenvalue weighted by molar-refractivity contribution is 5.45. The number of aromatic nitrogens is 4. The molecule has 7 heteroatoms. The van der Waals surface area contributed by atoms with E-state index in [1.807, 2.05) is 12.1 Å². The SMILES string of the molecule is CCn1nc(C)c(CN2CCc3[nH]cnc3[C@@H]2c2ccc(O)c(OC)c2)c1C. The van der Waals surface area contributed by atoms with E-state index < -0.39 is 0 Å². The van der Waals surface area contributed by atoms with Crippen LogP contribution in [0.2, 0.25) is 0 Å². The molecule has 3 aromatic rings. The maximum atomic E-state index is 10.0. The van der Waals surface area contributed by atoms with Crippen molar-refractivity contribution in [2.24, 2.45) is 0 Å². The van der Waals surface area contributed by atoms with Crippen molar-refractivity contribution in [2.75, 3.05) is 13.7 Å². The lowest BCUT2D eigenvalue weighted by atomic mass is 9.94. The van der Waals surface area contributed by atoms with Crippen molar-refractivity contribution in [3.63, 3.8) is 0 Å². The van der Waals surface area contributed by atoms with E-state index in [1.54, 1.807) is 19.5 Å². The van der Waals surface area contributed by atoms with Crippen molar-refractivity contribution in [1.29, 1.82) is 0 Å². The highest BCUT2D eigenvalue weighted by atomic mass is 16.5. The second-order valence-electron chi connectivity index (χ2n) is 7.29. The van der Waals surface area contributed by atoms with Gasteiger partial charge in [0.15, 0.2) is 11.5 Å². The maximum Gasteiger partial charge on any atom is 0.160 e. The van der Waals surface area contributed by atoms with E-state index in [2.05, 4.69) is 45.4 Å². The summed E-state index contributed by atoms with van der Waals surface area (Å²) in [7, 11) is 1.57. The molecule has 0 saturated heterocycles. The molecule has 0 amide bonds. The molecule has 28 heavy (non-hydrogen) atoms. The molecule has 1 atom stereocenters. The van der Waals surface area contributed by atoms with Crippen LogP contribution >= 0.6 is 0 Å². The highest BCUT2D eigenvalue weighted by Crippen LogP contribution is 2.38. The Morgan fingerprint density at radius 3 is 2.86 bits per heavy atom. The van der Waals surface area contributed by atoms with Crippen molar-refractivity contribution < 1.29 is 9.84 Å². The third-order valence-corrected chi connectivity index (χ3v) is 5.74. The van der Waals surface area contributed by atoms with E-state index in [0.29, 0.717) is 5.75 Å². The Bertz CT molecular complexity index is 991. The molecule has 2 N–H and O–H groups in total. The summed E-state index contributed by atoms with van der Waals surface area (Å²) in [5.41, 5.74) is 6.84. The fraction of sp³-hybridized carbons (Fsp3) is 0.429. The second-order valence-corrected chi connectivity index (χ2v) is 7.29. The number of nitrogens with zero attached hydrogens (tertiary/aromatic N) is 4. The number of nitrogens with one attached hydrogen (secondary N) is 1. The number of benzene rings is 1. The van der Waals surface area contributed by atoms with Crippen LogP contribution in [0.1, 0.15) is 46.9 Å². The van der Waals surface area contributed by atoms with Gasteiger partial charge >= 0.3 is 0 Å². The van der Waals surface area contributed by atoms with Gasteiger partial charge in [0.05, 0.1) is 30.9 Å². The number of rotatable bonds is 5. The van der Waals surface area contributed by atoms with Crippen molar-refractivity contribution in [1.82, 2.24) is 24.6 Å². The summed E-state index contributed by atoms with van der Waals surface area (Å²) in [6, 6.07) is 5.55. The second kappa shape index (κ2) is 7.31. The summed E-state index contributed by atoms with van der Waals surface area (Å²) in [5, 5.41) is 14.7. The molecule has 1 aliphatic heterocycles. The molecule has 0 spiro atoms. The number of phenolic OH excluding ortho intramolecular Hbond substituents is 1. The average Bonchev–Trinajstić information content (AvgIpc) is 3.28. The van der Waals surface area contributed by atoms with Crippen LogP contribution in [0.4, 0.5) is 0 Å². The molecule has 148 valence electrons. The third-order valence-electron chi connectivity index (χ3n) is 5.74. The van der Waals surface area contributed by atoms with E-state index in [-0.39, 0.29) is 11.8 Å². The van der Waals surface area contributed by atoms with Gasteiger partial charge in [0.1, 0.15) is 0 Å². The molecule has 0 aliphatic carbocycles. The summed E-state index contributed by atoms with van der Waals surface area (Å²) in [4.78, 5) is 10.3. The van der Waals surface area contributed by atoms with Crippen LogP contribution < -0.4 is 4.74 Å². The number of H-pyrrole nitrogens is 1.